The molecular weight excluding hydrogens is 600 g/mol. The number of nitrogens with zero attached hydrogens (tertiary/aromatic N) is 1. The molecule has 44 heavy (non-hydrogen) atoms. The fourth-order valence-corrected chi connectivity index (χ4v) is 9.37. The van der Waals surface area contributed by atoms with Crippen molar-refractivity contribution < 1.29 is 27.8 Å². The number of sulfonamides is 1. The van der Waals surface area contributed by atoms with Crippen LogP contribution in [0.15, 0.2) is 48.6 Å². The van der Waals surface area contributed by atoms with Crippen molar-refractivity contribution in [3.8, 4) is 5.75 Å². The van der Waals surface area contributed by atoms with Gasteiger partial charge in [0, 0.05) is 42.8 Å². The number of aliphatic hydroxyl groups excluding tert-OH is 1. The Morgan fingerprint density at radius 2 is 2.02 bits per heavy atom. The molecule has 2 bridgehead atoms. The first-order valence-electron chi connectivity index (χ1n) is 15.8. The number of carbonyl (C=O) groups excluding carboxylic acids is 1. The number of aliphatic hydroxyl groups is 1. The highest BCUT2D eigenvalue weighted by Gasteiger charge is 2.44. The number of rotatable bonds is 3. The molecule has 0 aromatic heterocycles. The Kier molecular flexibility index (Phi) is 9.03. The summed E-state index contributed by atoms with van der Waals surface area (Å²) in [5, 5.41) is 11.2. The Bertz CT molecular complexity index is 1530. The first kappa shape index (κ1) is 31.4. The summed E-state index contributed by atoms with van der Waals surface area (Å²) in [6, 6.07) is 11.4. The summed E-state index contributed by atoms with van der Waals surface area (Å²) in [4.78, 5) is 15.8. The average Bonchev–Trinajstić information content (AvgIpc) is 3.12. The van der Waals surface area contributed by atoms with E-state index in [2.05, 4.69) is 21.8 Å². The molecule has 2 N–H and O–H groups in total. The lowest BCUT2D eigenvalue weighted by molar-refractivity contribution is 0.0454. The highest BCUT2D eigenvalue weighted by atomic mass is 35.5. The zero-order chi connectivity index (χ0) is 31.1. The molecule has 1 spiro atoms. The number of amides is 1. The second-order valence-corrected chi connectivity index (χ2v) is 15.7. The fraction of sp³-hybridized carbons (Fsp3) is 0.559. The number of hydrogen-bond acceptors (Lipinski definition) is 7. The minimum atomic E-state index is -4.01. The Labute approximate surface area is 265 Å². The Morgan fingerprint density at radius 1 is 1.18 bits per heavy atom. The molecule has 0 radical (unpaired) electrons. The predicted octanol–water partition coefficient (Wildman–Crippen LogP) is 5.26. The third-order valence-corrected chi connectivity index (χ3v) is 12.3. The summed E-state index contributed by atoms with van der Waals surface area (Å²) < 4.78 is 41.1. The van der Waals surface area contributed by atoms with Crippen molar-refractivity contribution in [2.24, 2.45) is 17.8 Å². The second-order valence-electron chi connectivity index (χ2n) is 13.3. The topological polar surface area (TPSA) is 105 Å². The Morgan fingerprint density at radius 3 is 2.80 bits per heavy atom. The fourth-order valence-electron chi connectivity index (χ4n) is 7.67. The van der Waals surface area contributed by atoms with Gasteiger partial charge in [0.1, 0.15) is 5.75 Å². The number of fused-ring (bicyclic) bond motifs is 4. The van der Waals surface area contributed by atoms with E-state index < -0.39 is 27.3 Å². The summed E-state index contributed by atoms with van der Waals surface area (Å²) in [5.41, 5.74) is 3.27. The smallest absolute Gasteiger partial charge is 0.264 e. The van der Waals surface area contributed by atoms with Crippen LogP contribution in [0.1, 0.15) is 66.9 Å². The Hall–Kier alpha value is -2.59. The van der Waals surface area contributed by atoms with E-state index in [-0.39, 0.29) is 41.8 Å². The third kappa shape index (κ3) is 6.26. The van der Waals surface area contributed by atoms with E-state index in [1.54, 1.807) is 18.2 Å². The van der Waals surface area contributed by atoms with Crippen LogP contribution in [0.25, 0.3) is 0 Å². The SMILES string of the molecule is COCC[C@@H]1C[C@@H](C)/C=C\[C@H](O)[C@@H]2CC[C@H]2CN2C[C@@]3(CCCc4cc(Cl)ccc43)COc3ccc(cc32)C(=O)NS1(=O)=O. The normalized spacial score (nSPS) is 32.3. The van der Waals surface area contributed by atoms with Crippen LogP contribution in [-0.4, -0.2) is 64.2 Å². The van der Waals surface area contributed by atoms with Gasteiger partial charge >= 0.3 is 0 Å². The second kappa shape index (κ2) is 12.7. The van der Waals surface area contributed by atoms with Crippen molar-refractivity contribution in [3.63, 3.8) is 0 Å². The Balaban J connectivity index is 1.41. The van der Waals surface area contributed by atoms with Crippen molar-refractivity contribution in [2.75, 3.05) is 38.3 Å². The summed E-state index contributed by atoms with van der Waals surface area (Å²) in [7, 11) is -2.48. The molecule has 1 saturated carbocycles. The van der Waals surface area contributed by atoms with Gasteiger partial charge in [0.15, 0.2) is 0 Å². The van der Waals surface area contributed by atoms with Gasteiger partial charge in [-0.3, -0.25) is 4.79 Å². The van der Waals surface area contributed by atoms with Crippen LogP contribution in [0.5, 0.6) is 5.75 Å². The molecule has 10 heteroatoms. The van der Waals surface area contributed by atoms with Crippen LogP contribution in [0.3, 0.4) is 0 Å². The van der Waals surface area contributed by atoms with Crippen molar-refractivity contribution >= 4 is 33.2 Å². The molecular formula is C34H43ClN2O6S. The monoisotopic (exact) mass is 642 g/mol. The average molecular weight is 643 g/mol. The van der Waals surface area contributed by atoms with Gasteiger partial charge in [-0.1, -0.05) is 36.7 Å². The summed E-state index contributed by atoms with van der Waals surface area (Å²) >= 11 is 6.40. The molecule has 2 aromatic rings. The number of benzene rings is 2. The zero-order valence-electron chi connectivity index (χ0n) is 25.5. The van der Waals surface area contributed by atoms with Gasteiger partial charge in [-0.05, 0) is 104 Å². The maximum absolute atomic E-state index is 13.5. The molecule has 1 amide bonds. The quantitative estimate of drug-likeness (QED) is 0.440. The molecule has 6 rings (SSSR count). The third-order valence-electron chi connectivity index (χ3n) is 10.3. The van der Waals surface area contributed by atoms with Crippen LogP contribution in [0.4, 0.5) is 5.69 Å². The predicted molar refractivity (Wildman–Crippen MR) is 172 cm³/mol. The number of carbonyl (C=O) groups is 1. The van der Waals surface area contributed by atoms with Crippen LogP contribution in [0, 0.1) is 17.8 Å². The largest absolute Gasteiger partial charge is 0.490 e. The zero-order valence-corrected chi connectivity index (χ0v) is 27.1. The van der Waals surface area contributed by atoms with E-state index in [1.165, 1.54) is 18.2 Å². The highest BCUT2D eigenvalue weighted by molar-refractivity contribution is 7.90. The van der Waals surface area contributed by atoms with E-state index >= 15 is 0 Å². The van der Waals surface area contributed by atoms with E-state index in [1.807, 2.05) is 25.1 Å². The van der Waals surface area contributed by atoms with E-state index in [0.717, 1.165) is 42.8 Å². The molecule has 2 heterocycles. The van der Waals surface area contributed by atoms with Crippen LogP contribution in [-0.2, 0) is 26.6 Å². The molecule has 2 aliphatic heterocycles. The lowest BCUT2D eigenvalue weighted by atomic mass is 9.68. The van der Waals surface area contributed by atoms with Crippen molar-refractivity contribution in [1.82, 2.24) is 4.72 Å². The minimum absolute atomic E-state index is 0.104. The van der Waals surface area contributed by atoms with Gasteiger partial charge in [-0.25, -0.2) is 13.1 Å². The van der Waals surface area contributed by atoms with Crippen molar-refractivity contribution in [3.05, 3.63) is 70.3 Å². The summed E-state index contributed by atoms with van der Waals surface area (Å²) in [6.45, 7) is 4.07. The van der Waals surface area contributed by atoms with Crippen LogP contribution < -0.4 is 14.4 Å². The van der Waals surface area contributed by atoms with E-state index in [0.29, 0.717) is 31.9 Å². The molecule has 0 saturated heterocycles. The maximum Gasteiger partial charge on any atom is 0.264 e. The molecule has 2 aliphatic carbocycles. The summed E-state index contributed by atoms with van der Waals surface area (Å²) in [5.74, 6) is 0.275. The molecule has 2 aromatic carbocycles. The van der Waals surface area contributed by atoms with Crippen molar-refractivity contribution in [1.29, 1.82) is 0 Å². The molecule has 8 nitrogen and oxygen atoms in total. The number of hydrogen-bond donors (Lipinski definition) is 2. The molecule has 1 fully saturated rings. The minimum Gasteiger partial charge on any atom is -0.490 e. The van der Waals surface area contributed by atoms with Gasteiger partial charge in [-0.2, -0.15) is 0 Å². The first-order chi connectivity index (χ1) is 21.1. The van der Waals surface area contributed by atoms with Gasteiger partial charge < -0.3 is 19.5 Å². The number of anilines is 1. The molecule has 238 valence electrons. The van der Waals surface area contributed by atoms with Crippen LogP contribution in [0.2, 0.25) is 5.02 Å². The lowest BCUT2D eigenvalue weighted by Crippen LogP contribution is -2.49. The van der Waals surface area contributed by atoms with Gasteiger partial charge in [0.2, 0.25) is 10.0 Å². The van der Waals surface area contributed by atoms with Gasteiger partial charge in [-0.15, -0.1) is 0 Å². The van der Waals surface area contributed by atoms with Gasteiger partial charge in [0.05, 0.1) is 23.6 Å². The van der Waals surface area contributed by atoms with E-state index in [4.69, 9.17) is 21.1 Å². The highest BCUT2D eigenvalue weighted by Crippen LogP contribution is 2.46. The standard InChI is InChI=1S/C34H43ClN2O6S/c1-22-5-11-31(38)28-9-6-25(28)19-37-20-34(14-3-4-23-17-26(35)8-10-29(23)34)21-43-32-12-7-24(18-30(32)37)33(39)36-44(40,41)27(16-22)13-15-42-2/h5,7-8,10-12,17-18,22,25,27-28,31,38H,3-4,6,9,13-16,19-21H2,1-2H3,(H,36,39)/b11-5-/t22-,25-,27+,28+,31-,34-/m0/s1. The maximum atomic E-state index is 13.5. The van der Waals surface area contributed by atoms with E-state index in [9.17, 15) is 18.3 Å². The first-order valence-corrected chi connectivity index (χ1v) is 17.7. The number of ether oxygens (including phenoxy) is 2. The molecule has 6 atom stereocenters. The summed E-state index contributed by atoms with van der Waals surface area (Å²) in [6.07, 6.45) is 8.59. The lowest BCUT2D eigenvalue weighted by Gasteiger charge is -2.45. The molecule has 4 aliphatic rings. The van der Waals surface area contributed by atoms with Crippen molar-refractivity contribution in [2.45, 2.75) is 68.6 Å². The number of nitrogens with one attached hydrogen (secondary N) is 1. The number of aryl methyl sites for hydroxylation is 1. The number of methoxy groups -OCH3 is 1. The number of allylic oxidation sites excluding steroid dienone is 1. The van der Waals surface area contributed by atoms with Gasteiger partial charge in [0.25, 0.3) is 5.91 Å². The van der Waals surface area contributed by atoms with Crippen LogP contribution >= 0.6 is 11.6 Å². The number of halogens is 1. The molecule has 0 unspecified atom stereocenters.